The van der Waals surface area contributed by atoms with E-state index in [0.29, 0.717) is 0 Å². The Balaban J connectivity index is 1.96. The van der Waals surface area contributed by atoms with Crippen molar-refractivity contribution in [3.05, 3.63) is 101 Å². The fourth-order valence-corrected chi connectivity index (χ4v) is 4.73. The standard InChI is InChI=1S/C24H25FN2O3S/c1-17-9-7-8-12-22(17)23(19-10-5-4-6-11-19)26-24(28)18(2)27(31(3,29)30)21-15-13-20(25)14-16-21/h4-16,18,23H,1-3H3,(H,26,28). The zero-order valence-corrected chi connectivity index (χ0v) is 18.4. The van der Waals surface area contributed by atoms with Crippen molar-refractivity contribution in [1.82, 2.24) is 5.32 Å². The minimum absolute atomic E-state index is 0.221. The Morgan fingerprint density at radius 2 is 1.52 bits per heavy atom. The summed E-state index contributed by atoms with van der Waals surface area (Å²) in [6, 6.07) is 20.7. The van der Waals surface area contributed by atoms with Crippen molar-refractivity contribution >= 4 is 21.6 Å². The highest BCUT2D eigenvalue weighted by Gasteiger charge is 2.31. The molecule has 0 fully saturated rings. The van der Waals surface area contributed by atoms with E-state index in [1.807, 2.05) is 61.5 Å². The maximum Gasteiger partial charge on any atom is 0.244 e. The molecule has 0 saturated heterocycles. The number of aryl methyl sites for hydroxylation is 1. The van der Waals surface area contributed by atoms with Gasteiger partial charge >= 0.3 is 0 Å². The summed E-state index contributed by atoms with van der Waals surface area (Å²) in [5.74, 6) is -0.954. The predicted octanol–water partition coefficient (Wildman–Crippen LogP) is 4.19. The van der Waals surface area contributed by atoms with Crippen LogP contribution in [0.5, 0.6) is 0 Å². The van der Waals surface area contributed by atoms with Crippen LogP contribution < -0.4 is 9.62 Å². The molecule has 162 valence electrons. The van der Waals surface area contributed by atoms with E-state index in [-0.39, 0.29) is 5.69 Å². The molecule has 5 nitrogen and oxygen atoms in total. The van der Waals surface area contributed by atoms with Crippen molar-refractivity contribution in [1.29, 1.82) is 0 Å². The Morgan fingerprint density at radius 3 is 2.10 bits per heavy atom. The predicted molar refractivity (Wildman–Crippen MR) is 121 cm³/mol. The van der Waals surface area contributed by atoms with Crippen LogP contribution in [-0.4, -0.2) is 26.6 Å². The molecule has 7 heteroatoms. The number of nitrogens with zero attached hydrogens (tertiary/aromatic N) is 1. The lowest BCUT2D eigenvalue weighted by atomic mass is 9.94. The van der Waals surface area contributed by atoms with Gasteiger partial charge < -0.3 is 5.32 Å². The monoisotopic (exact) mass is 440 g/mol. The summed E-state index contributed by atoms with van der Waals surface area (Å²) in [4.78, 5) is 13.2. The first-order valence-corrected chi connectivity index (χ1v) is 11.7. The van der Waals surface area contributed by atoms with Crippen molar-refractivity contribution in [2.24, 2.45) is 0 Å². The van der Waals surface area contributed by atoms with E-state index in [1.54, 1.807) is 0 Å². The second kappa shape index (κ2) is 9.31. The summed E-state index contributed by atoms with van der Waals surface area (Å²) in [6.45, 7) is 3.47. The smallest absolute Gasteiger partial charge is 0.244 e. The van der Waals surface area contributed by atoms with Gasteiger partial charge in [-0.15, -0.1) is 0 Å². The third-order valence-corrected chi connectivity index (χ3v) is 6.33. The SMILES string of the molecule is Cc1ccccc1C(NC(=O)C(C)N(c1ccc(F)cc1)S(C)(=O)=O)c1ccccc1. The van der Waals surface area contributed by atoms with E-state index < -0.39 is 33.8 Å². The van der Waals surface area contributed by atoms with Crippen molar-refractivity contribution < 1.29 is 17.6 Å². The number of carbonyl (C=O) groups is 1. The molecular weight excluding hydrogens is 415 g/mol. The van der Waals surface area contributed by atoms with Crippen LogP contribution in [0.1, 0.15) is 29.7 Å². The second-order valence-corrected chi connectivity index (χ2v) is 9.28. The third kappa shape index (κ3) is 5.30. The highest BCUT2D eigenvalue weighted by molar-refractivity contribution is 7.92. The molecule has 2 atom stereocenters. The Bertz CT molecular complexity index is 1150. The molecule has 3 rings (SSSR count). The third-order valence-electron chi connectivity index (χ3n) is 5.09. The molecule has 0 saturated carbocycles. The molecule has 2 unspecified atom stereocenters. The van der Waals surface area contributed by atoms with E-state index in [9.17, 15) is 17.6 Å². The minimum atomic E-state index is -3.80. The molecule has 0 bridgehead atoms. The van der Waals surface area contributed by atoms with Gasteiger partial charge in [-0.1, -0.05) is 54.6 Å². The Labute approximate surface area is 182 Å². The van der Waals surface area contributed by atoms with Gasteiger partial charge in [0.05, 0.1) is 18.0 Å². The van der Waals surface area contributed by atoms with Gasteiger partial charge in [0, 0.05) is 0 Å². The molecule has 0 aliphatic rings. The van der Waals surface area contributed by atoms with Crippen LogP contribution in [0.25, 0.3) is 0 Å². The van der Waals surface area contributed by atoms with E-state index in [0.717, 1.165) is 39.4 Å². The maximum absolute atomic E-state index is 13.3. The number of anilines is 1. The van der Waals surface area contributed by atoms with Gasteiger partial charge in [0.25, 0.3) is 0 Å². The van der Waals surface area contributed by atoms with Gasteiger partial charge in [-0.2, -0.15) is 0 Å². The average Bonchev–Trinajstić information content (AvgIpc) is 2.73. The average molecular weight is 441 g/mol. The number of sulfonamides is 1. The summed E-state index contributed by atoms with van der Waals surface area (Å²) in [5, 5.41) is 3.00. The van der Waals surface area contributed by atoms with Gasteiger partial charge in [0.2, 0.25) is 15.9 Å². The number of hydrogen-bond acceptors (Lipinski definition) is 3. The number of hydrogen-bond donors (Lipinski definition) is 1. The fourth-order valence-electron chi connectivity index (χ4n) is 3.56. The van der Waals surface area contributed by atoms with Crippen LogP contribution >= 0.6 is 0 Å². The first kappa shape index (κ1) is 22.5. The fraction of sp³-hybridized carbons (Fsp3) is 0.208. The van der Waals surface area contributed by atoms with Crippen LogP contribution in [0.2, 0.25) is 0 Å². The van der Waals surface area contributed by atoms with Crippen molar-refractivity contribution in [2.45, 2.75) is 25.9 Å². The van der Waals surface area contributed by atoms with Crippen molar-refractivity contribution in [3.8, 4) is 0 Å². The summed E-state index contributed by atoms with van der Waals surface area (Å²) < 4.78 is 39.3. The second-order valence-electron chi connectivity index (χ2n) is 7.42. The number of benzene rings is 3. The van der Waals surface area contributed by atoms with Crippen LogP contribution in [0.15, 0.2) is 78.9 Å². The lowest BCUT2D eigenvalue weighted by molar-refractivity contribution is -0.122. The van der Waals surface area contributed by atoms with Crippen LogP contribution in [-0.2, 0) is 14.8 Å². The summed E-state index contributed by atoms with van der Waals surface area (Å²) in [5.41, 5.74) is 3.02. The minimum Gasteiger partial charge on any atom is -0.343 e. The van der Waals surface area contributed by atoms with E-state index in [2.05, 4.69) is 5.32 Å². The van der Waals surface area contributed by atoms with E-state index >= 15 is 0 Å². The van der Waals surface area contributed by atoms with Gasteiger partial charge in [-0.3, -0.25) is 9.10 Å². The summed E-state index contributed by atoms with van der Waals surface area (Å²) >= 11 is 0. The largest absolute Gasteiger partial charge is 0.343 e. The number of carbonyl (C=O) groups excluding carboxylic acids is 1. The molecule has 0 radical (unpaired) electrons. The number of halogens is 1. The van der Waals surface area contributed by atoms with Gasteiger partial charge in [0.15, 0.2) is 0 Å². The quantitative estimate of drug-likeness (QED) is 0.599. The molecule has 3 aromatic carbocycles. The molecule has 0 aliphatic carbocycles. The molecular formula is C24H25FN2O3S. The van der Waals surface area contributed by atoms with Gasteiger partial charge in [-0.05, 0) is 54.8 Å². The molecule has 1 N–H and O–H groups in total. The summed E-state index contributed by atoms with van der Waals surface area (Å²) in [6.07, 6.45) is 1.02. The molecule has 0 aliphatic heterocycles. The Hall–Kier alpha value is -3.19. The zero-order valence-electron chi connectivity index (χ0n) is 17.6. The molecule has 0 aromatic heterocycles. The van der Waals surface area contributed by atoms with Gasteiger partial charge in [-0.25, -0.2) is 12.8 Å². The first-order valence-electron chi connectivity index (χ1n) is 9.84. The lowest BCUT2D eigenvalue weighted by Crippen LogP contribution is -2.48. The molecule has 1 amide bonds. The number of rotatable bonds is 7. The molecule has 3 aromatic rings. The van der Waals surface area contributed by atoms with Crippen molar-refractivity contribution in [3.63, 3.8) is 0 Å². The number of amides is 1. The topological polar surface area (TPSA) is 66.5 Å². The maximum atomic E-state index is 13.3. The van der Waals surface area contributed by atoms with E-state index in [1.165, 1.54) is 19.1 Å². The zero-order chi connectivity index (χ0) is 22.6. The lowest BCUT2D eigenvalue weighted by Gasteiger charge is -2.30. The highest BCUT2D eigenvalue weighted by Crippen LogP contribution is 2.26. The Kier molecular flexibility index (Phi) is 6.75. The van der Waals surface area contributed by atoms with E-state index in [4.69, 9.17) is 0 Å². The highest BCUT2D eigenvalue weighted by atomic mass is 32.2. The first-order chi connectivity index (χ1) is 14.7. The van der Waals surface area contributed by atoms with Gasteiger partial charge in [0.1, 0.15) is 11.9 Å². The van der Waals surface area contributed by atoms with Crippen LogP contribution in [0.4, 0.5) is 10.1 Å². The van der Waals surface area contributed by atoms with Crippen LogP contribution in [0.3, 0.4) is 0 Å². The molecule has 0 heterocycles. The molecule has 0 spiro atoms. The van der Waals surface area contributed by atoms with Crippen molar-refractivity contribution in [2.75, 3.05) is 10.6 Å². The normalized spacial score (nSPS) is 13.3. The number of nitrogens with one attached hydrogen (secondary N) is 1. The summed E-state index contributed by atoms with van der Waals surface area (Å²) in [7, 11) is -3.80. The Morgan fingerprint density at radius 1 is 0.935 bits per heavy atom. The van der Waals surface area contributed by atoms with Crippen LogP contribution in [0, 0.1) is 12.7 Å². The molecule has 31 heavy (non-hydrogen) atoms.